The van der Waals surface area contributed by atoms with Crippen LogP contribution in [0.1, 0.15) is 48.0 Å². The van der Waals surface area contributed by atoms with Crippen LogP contribution < -0.4 is 34.9 Å². The van der Waals surface area contributed by atoms with Gasteiger partial charge < -0.3 is 19.8 Å². The number of carbonyl (C=O) groups is 4. The molecule has 0 radical (unpaired) electrons. The van der Waals surface area contributed by atoms with Crippen LogP contribution in [0.25, 0.3) is 0 Å². The first-order valence-corrected chi connectivity index (χ1v) is 11.1. The van der Waals surface area contributed by atoms with Gasteiger partial charge in [-0.3, -0.25) is 24.5 Å². The maximum absolute atomic E-state index is 12.1. The van der Waals surface area contributed by atoms with Crippen LogP contribution in [0.4, 0.5) is 5.69 Å². The number of aliphatic hydroxyl groups is 1. The quantitative estimate of drug-likeness (QED) is 0.0746. The number of hydrogen-bond acceptors (Lipinski definition) is 11. The predicted molar refractivity (Wildman–Crippen MR) is 106 cm³/mol. The number of benzene rings is 1. The predicted octanol–water partition coefficient (Wildman–Crippen LogP) is -3.49. The van der Waals surface area contributed by atoms with Crippen LogP contribution in [0.3, 0.4) is 0 Å². The summed E-state index contributed by atoms with van der Waals surface area (Å²) in [6.45, 7) is -0.388. The number of imide groups is 1. The Morgan fingerprint density at radius 1 is 1.24 bits per heavy atom. The third kappa shape index (κ3) is 7.82. The number of hydrogen-bond donors (Lipinski definition) is 2. The van der Waals surface area contributed by atoms with Gasteiger partial charge in [-0.05, 0) is 25.0 Å². The average Bonchev–Trinajstić information content (AvgIpc) is 3.03. The number of aliphatic hydroxyl groups excluding tert-OH is 1. The number of unbranched alkanes of at least 4 members (excludes halogenated alkanes) is 2. The van der Waals surface area contributed by atoms with Crippen LogP contribution in [0.15, 0.2) is 18.2 Å². The van der Waals surface area contributed by atoms with E-state index in [-0.39, 0.29) is 70.8 Å². The van der Waals surface area contributed by atoms with Gasteiger partial charge in [-0.1, -0.05) is 6.42 Å². The Labute approximate surface area is 215 Å². The van der Waals surface area contributed by atoms with Gasteiger partial charge in [0.2, 0.25) is 0 Å². The van der Waals surface area contributed by atoms with Crippen molar-refractivity contribution in [2.75, 3.05) is 6.54 Å². The smallest absolute Gasteiger partial charge is 0.747 e. The van der Waals surface area contributed by atoms with Gasteiger partial charge in [0.1, 0.15) is 15.4 Å². The fourth-order valence-corrected chi connectivity index (χ4v) is 3.65. The molecule has 1 unspecified atom stereocenters. The largest absolute Gasteiger partial charge is 1.00 e. The van der Waals surface area contributed by atoms with Gasteiger partial charge in [-0.25, -0.2) is 13.2 Å². The molecule has 2 N–H and O–H groups in total. The molecule has 1 atom stereocenters. The second-order valence-electron chi connectivity index (χ2n) is 7.00. The molecule has 0 saturated carbocycles. The Kier molecular flexibility index (Phi) is 11.2. The molecule has 14 nitrogen and oxygen atoms in total. The zero-order valence-corrected chi connectivity index (χ0v) is 20.9. The molecule has 180 valence electrons. The number of rotatable bonds is 11. The van der Waals surface area contributed by atoms with Gasteiger partial charge >= 0.3 is 35.5 Å². The molecular formula is C18H20N3NaO11S. The Bertz CT molecular complexity index is 1080. The summed E-state index contributed by atoms with van der Waals surface area (Å²) in [7, 11) is -5.05. The Balaban J connectivity index is 0.00000578. The third-order valence-corrected chi connectivity index (χ3v) is 5.72. The molecule has 0 bridgehead atoms. The molecule has 0 spiro atoms. The topological polar surface area (TPSA) is 213 Å². The van der Waals surface area contributed by atoms with Crippen molar-refractivity contribution < 1.29 is 76.6 Å². The van der Waals surface area contributed by atoms with E-state index < -0.39 is 57.0 Å². The summed E-state index contributed by atoms with van der Waals surface area (Å²) in [6.07, 6.45) is 0.0581. The SMILES string of the molecule is O=C(CCCCCNC(=O)c1ccc([N+](=O)[O-])c(CO)c1)ON1C(=O)CC(S(=O)(=O)[O-])C1=O.[Na+]. The van der Waals surface area contributed by atoms with E-state index in [1.54, 1.807) is 0 Å². The Morgan fingerprint density at radius 2 is 1.91 bits per heavy atom. The van der Waals surface area contributed by atoms with Gasteiger partial charge in [-0.15, -0.1) is 5.06 Å². The number of amides is 3. The summed E-state index contributed by atoms with van der Waals surface area (Å²) >= 11 is 0. The summed E-state index contributed by atoms with van der Waals surface area (Å²) in [5, 5.41) is 20.5. The first-order valence-electron chi connectivity index (χ1n) is 9.64. The van der Waals surface area contributed by atoms with Gasteiger partial charge in [-0.2, -0.15) is 0 Å². The van der Waals surface area contributed by atoms with Crippen molar-refractivity contribution in [1.29, 1.82) is 0 Å². The van der Waals surface area contributed by atoms with Crippen molar-refractivity contribution in [3.8, 4) is 0 Å². The molecule has 1 aromatic rings. The molecule has 1 heterocycles. The van der Waals surface area contributed by atoms with E-state index in [9.17, 15) is 47.4 Å². The van der Waals surface area contributed by atoms with Gasteiger partial charge in [0.15, 0.2) is 0 Å². The zero-order valence-electron chi connectivity index (χ0n) is 18.1. The Morgan fingerprint density at radius 3 is 2.47 bits per heavy atom. The van der Waals surface area contributed by atoms with Crippen LogP contribution >= 0.6 is 0 Å². The third-order valence-electron chi connectivity index (χ3n) is 4.66. The summed E-state index contributed by atoms with van der Waals surface area (Å²) in [5.74, 6) is -3.97. The molecule has 1 fully saturated rings. The number of nitro benzene ring substituents is 1. The molecule has 3 amide bonds. The van der Waals surface area contributed by atoms with E-state index in [2.05, 4.69) is 10.2 Å². The van der Waals surface area contributed by atoms with Crippen molar-refractivity contribution in [2.45, 2.75) is 44.0 Å². The number of carbonyl (C=O) groups excluding carboxylic acids is 4. The van der Waals surface area contributed by atoms with Crippen LogP contribution in [-0.2, 0) is 35.9 Å². The maximum atomic E-state index is 12.1. The fourth-order valence-electron chi connectivity index (χ4n) is 2.96. The molecule has 1 aliphatic heterocycles. The van der Waals surface area contributed by atoms with Crippen molar-refractivity contribution in [2.24, 2.45) is 0 Å². The molecule has 16 heteroatoms. The van der Waals surface area contributed by atoms with E-state index in [0.29, 0.717) is 12.8 Å². The summed E-state index contributed by atoms with van der Waals surface area (Å²) < 4.78 is 32.8. The maximum Gasteiger partial charge on any atom is 1.00 e. The van der Waals surface area contributed by atoms with E-state index >= 15 is 0 Å². The van der Waals surface area contributed by atoms with Crippen molar-refractivity contribution >= 4 is 39.5 Å². The number of nitrogens with one attached hydrogen (secondary N) is 1. The van der Waals surface area contributed by atoms with E-state index in [0.717, 1.165) is 6.07 Å². The number of nitrogens with zero attached hydrogens (tertiary/aromatic N) is 2. The molecule has 0 aromatic heterocycles. The first-order chi connectivity index (χ1) is 15.5. The molecule has 1 aliphatic rings. The fraction of sp³-hybridized carbons (Fsp3) is 0.444. The molecule has 0 aliphatic carbocycles. The van der Waals surface area contributed by atoms with Gasteiger partial charge in [0, 0.05) is 24.6 Å². The second kappa shape index (κ2) is 12.9. The van der Waals surface area contributed by atoms with Crippen molar-refractivity contribution in [3.63, 3.8) is 0 Å². The van der Waals surface area contributed by atoms with E-state index in [1.807, 2.05) is 0 Å². The standard InChI is InChI=1S/C18H21N3O11S.Na/c22-10-12-8-11(5-6-13(12)21(27)28)17(25)19-7-3-1-2-4-16(24)32-20-15(23)9-14(18(20)26)33(29,30)31;/h5-6,8,14,22H,1-4,7,9-10H2,(H,19,25)(H,29,30,31);/q;+1/p-1. The van der Waals surface area contributed by atoms with Crippen molar-refractivity contribution in [1.82, 2.24) is 10.4 Å². The minimum Gasteiger partial charge on any atom is -0.747 e. The summed E-state index contributed by atoms with van der Waals surface area (Å²) in [5.41, 5.74) is -0.171. The van der Waals surface area contributed by atoms with Gasteiger partial charge in [0.25, 0.3) is 23.4 Å². The molecule has 1 saturated heterocycles. The van der Waals surface area contributed by atoms with E-state index in [4.69, 9.17) is 0 Å². The zero-order chi connectivity index (χ0) is 24.8. The van der Waals surface area contributed by atoms with E-state index in [1.165, 1.54) is 12.1 Å². The number of nitro groups is 1. The van der Waals surface area contributed by atoms with Crippen LogP contribution in [0.5, 0.6) is 0 Å². The Hall–Kier alpha value is -2.43. The summed E-state index contributed by atoms with van der Waals surface area (Å²) in [4.78, 5) is 62.0. The van der Waals surface area contributed by atoms with Crippen LogP contribution in [0, 0.1) is 10.1 Å². The molecule has 1 aromatic carbocycles. The minimum absolute atomic E-state index is 0. The minimum atomic E-state index is -5.05. The van der Waals surface area contributed by atoms with Gasteiger partial charge in [0.05, 0.1) is 23.5 Å². The summed E-state index contributed by atoms with van der Waals surface area (Å²) in [6, 6.07) is 3.59. The second-order valence-corrected chi connectivity index (χ2v) is 8.56. The molecule has 2 rings (SSSR count). The first kappa shape index (κ1) is 29.6. The average molecular weight is 509 g/mol. The van der Waals surface area contributed by atoms with Crippen molar-refractivity contribution in [3.05, 3.63) is 39.4 Å². The number of hydroxylamine groups is 2. The van der Waals surface area contributed by atoms with Crippen LogP contribution in [0.2, 0.25) is 0 Å². The molecular weight excluding hydrogens is 489 g/mol. The van der Waals surface area contributed by atoms with Crippen LogP contribution in [-0.4, -0.2) is 63.5 Å². The monoisotopic (exact) mass is 509 g/mol. The molecule has 34 heavy (non-hydrogen) atoms. The normalized spacial score (nSPS) is 15.6.